The van der Waals surface area contributed by atoms with Crippen molar-refractivity contribution < 1.29 is 9.59 Å². The van der Waals surface area contributed by atoms with Gasteiger partial charge in [0.15, 0.2) is 5.78 Å². The van der Waals surface area contributed by atoms with Crippen LogP contribution in [0.5, 0.6) is 0 Å². The Bertz CT molecular complexity index is 686. The lowest BCUT2D eigenvalue weighted by Crippen LogP contribution is -2.16. The van der Waals surface area contributed by atoms with E-state index in [0.29, 0.717) is 18.5 Å². The molecule has 0 saturated carbocycles. The summed E-state index contributed by atoms with van der Waals surface area (Å²) in [5.74, 6) is 0.0206. The van der Waals surface area contributed by atoms with Crippen molar-refractivity contribution >= 4 is 23.1 Å². The highest BCUT2D eigenvalue weighted by Crippen LogP contribution is 2.14. The normalized spacial score (nSPS) is 10.2. The van der Waals surface area contributed by atoms with E-state index in [1.165, 1.54) is 0 Å². The minimum absolute atomic E-state index is 0.0251. The molecule has 0 aliphatic rings. The molecule has 0 atom stereocenters. The number of rotatable bonds is 6. The van der Waals surface area contributed by atoms with Gasteiger partial charge in [-0.2, -0.15) is 0 Å². The Morgan fingerprint density at radius 2 is 1.52 bits per heavy atom. The fourth-order valence-corrected chi connectivity index (χ4v) is 2.41. The van der Waals surface area contributed by atoms with Crippen LogP contribution in [0.25, 0.3) is 0 Å². The highest BCUT2D eigenvalue weighted by molar-refractivity contribution is 5.94. The molecule has 120 valence electrons. The van der Waals surface area contributed by atoms with Gasteiger partial charge in [0.25, 0.3) is 0 Å². The molecule has 0 heterocycles. The largest absolute Gasteiger partial charge is 0.385 e. The molecule has 0 saturated heterocycles. The number of hydrogen-bond acceptors (Lipinski definition) is 3. The van der Waals surface area contributed by atoms with Crippen molar-refractivity contribution in [2.75, 3.05) is 17.2 Å². The lowest BCUT2D eigenvalue weighted by molar-refractivity contribution is -0.115. The van der Waals surface area contributed by atoms with Crippen LogP contribution < -0.4 is 10.6 Å². The maximum Gasteiger partial charge on any atom is 0.226 e. The highest BCUT2D eigenvalue weighted by atomic mass is 16.1. The fraction of sp³-hybridized carbons (Fsp3) is 0.263. The third kappa shape index (κ3) is 5.25. The maximum absolute atomic E-state index is 12.0. The summed E-state index contributed by atoms with van der Waals surface area (Å²) in [4.78, 5) is 23.2. The predicted octanol–water partition coefficient (Wildman–Crippen LogP) is 3.95. The molecule has 4 heteroatoms. The van der Waals surface area contributed by atoms with Crippen LogP contribution in [-0.2, 0) is 4.79 Å². The summed E-state index contributed by atoms with van der Waals surface area (Å²) in [6.07, 6.45) is 0.376. The van der Waals surface area contributed by atoms with Crippen molar-refractivity contribution in [3.63, 3.8) is 0 Å². The summed E-state index contributed by atoms with van der Waals surface area (Å²) >= 11 is 0. The van der Waals surface area contributed by atoms with Crippen molar-refractivity contribution in [1.82, 2.24) is 0 Å². The maximum atomic E-state index is 12.0. The molecule has 0 unspecified atom stereocenters. The van der Waals surface area contributed by atoms with E-state index in [4.69, 9.17) is 0 Å². The summed E-state index contributed by atoms with van der Waals surface area (Å²) in [6, 6.07) is 13.2. The highest BCUT2D eigenvalue weighted by Gasteiger charge is 2.04. The Hall–Kier alpha value is -2.62. The number of amides is 1. The number of carbonyl (C=O) groups is 2. The zero-order valence-corrected chi connectivity index (χ0v) is 13.8. The second-order valence-electron chi connectivity index (χ2n) is 5.73. The van der Waals surface area contributed by atoms with Gasteiger partial charge in [0.2, 0.25) is 5.91 Å². The molecule has 2 N–H and O–H groups in total. The van der Waals surface area contributed by atoms with Crippen LogP contribution in [0, 0.1) is 13.8 Å². The Labute approximate surface area is 136 Å². The minimum atomic E-state index is -0.0251. The van der Waals surface area contributed by atoms with Gasteiger partial charge in [-0.05, 0) is 68.3 Å². The van der Waals surface area contributed by atoms with Gasteiger partial charge in [-0.25, -0.2) is 0 Å². The number of Topliss-reactive ketones (excluding diaryl/α,β-unsaturated/α-hetero) is 1. The van der Waals surface area contributed by atoms with Crippen LogP contribution in [0.4, 0.5) is 11.4 Å². The zero-order valence-electron chi connectivity index (χ0n) is 13.8. The standard InChI is InChI=1S/C19H22N2O2/c1-13-10-14(2)12-18(11-13)21-19(23)8-9-20-17-6-4-16(5-7-17)15(3)22/h4-7,10-12,20H,8-9H2,1-3H3,(H,21,23). The average Bonchev–Trinajstić information content (AvgIpc) is 2.46. The molecule has 0 fully saturated rings. The van der Waals surface area contributed by atoms with E-state index in [2.05, 4.69) is 16.7 Å². The van der Waals surface area contributed by atoms with Gasteiger partial charge in [-0.1, -0.05) is 6.07 Å². The molecule has 0 spiro atoms. The third-order valence-electron chi connectivity index (χ3n) is 3.48. The minimum Gasteiger partial charge on any atom is -0.385 e. The third-order valence-corrected chi connectivity index (χ3v) is 3.48. The predicted molar refractivity (Wildman–Crippen MR) is 94.1 cm³/mol. The van der Waals surface area contributed by atoms with Gasteiger partial charge >= 0.3 is 0 Å². The van der Waals surface area contributed by atoms with Crippen LogP contribution >= 0.6 is 0 Å². The molecule has 2 rings (SSSR count). The first-order chi connectivity index (χ1) is 10.9. The van der Waals surface area contributed by atoms with Crippen LogP contribution in [0.15, 0.2) is 42.5 Å². The second-order valence-corrected chi connectivity index (χ2v) is 5.73. The van der Waals surface area contributed by atoms with E-state index >= 15 is 0 Å². The molecular formula is C19H22N2O2. The Balaban J connectivity index is 1.81. The van der Waals surface area contributed by atoms with E-state index < -0.39 is 0 Å². The van der Waals surface area contributed by atoms with Crippen molar-refractivity contribution in [2.24, 2.45) is 0 Å². The van der Waals surface area contributed by atoms with Gasteiger partial charge < -0.3 is 10.6 Å². The van der Waals surface area contributed by atoms with Gasteiger partial charge in [0.05, 0.1) is 0 Å². The quantitative estimate of drug-likeness (QED) is 0.794. The summed E-state index contributed by atoms with van der Waals surface area (Å²) < 4.78 is 0. The average molecular weight is 310 g/mol. The molecule has 0 aromatic heterocycles. The van der Waals surface area contributed by atoms with Crippen molar-refractivity contribution in [1.29, 1.82) is 0 Å². The summed E-state index contributed by atoms with van der Waals surface area (Å²) in [5, 5.41) is 6.09. The SMILES string of the molecule is CC(=O)c1ccc(NCCC(=O)Nc2cc(C)cc(C)c2)cc1. The van der Waals surface area contributed by atoms with E-state index in [9.17, 15) is 9.59 Å². The lowest BCUT2D eigenvalue weighted by atomic mass is 10.1. The first-order valence-corrected chi connectivity index (χ1v) is 7.67. The van der Waals surface area contributed by atoms with Crippen LogP contribution in [0.2, 0.25) is 0 Å². The Morgan fingerprint density at radius 3 is 2.09 bits per heavy atom. The molecular weight excluding hydrogens is 288 g/mol. The van der Waals surface area contributed by atoms with Crippen LogP contribution in [0.3, 0.4) is 0 Å². The van der Waals surface area contributed by atoms with Gasteiger partial charge in [-0.3, -0.25) is 9.59 Å². The number of hydrogen-bond donors (Lipinski definition) is 2. The molecule has 0 aliphatic carbocycles. The number of anilines is 2. The number of carbonyl (C=O) groups excluding carboxylic acids is 2. The van der Waals surface area contributed by atoms with Crippen molar-refractivity contribution in [2.45, 2.75) is 27.2 Å². The van der Waals surface area contributed by atoms with E-state index in [0.717, 1.165) is 22.5 Å². The number of ketones is 1. The first kappa shape index (κ1) is 16.7. The van der Waals surface area contributed by atoms with Gasteiger partial charge in [-0.15, -0.1) is 0 Å². The molecule has 0 aliphatic heterocycles. The zero-order chi connectivity index (χ0) is 16.8. The fourth-order valence-electron chi connectivity index (χ4n) is 2.41. The van der Waals surface area contributed by atoms with E-state index in [1.807, 2.05) is 38.1 Å². The van der Waals surface area contributed by atoms with Crippen molar-refractivity contribution in [3.8, 4) is 0 Å². The molecule has 0 bridgehead atoms. The first-order valence-electron chi connectivity index (χ1n) is 7.67. The second kappa shape index (κ2) is 7.58. The molecule has 2 aromatic carbocycles. The van der Waals surface area contributed by atoms with Crippen LogP contribution in [-0.4, -0.2) is 18.2 Å². The lowest BCUT2D eigenvalue weighted by Gasteiger charge is -2.09. The molecule has 2 aromatic rings. The number of aryl methyl sites for hydroxylation is 2. The van der Waals surface area contributed by atoms with Gasteiger partial charge in [0, 0.05) is 29.9 Å². The molecule has 4 nitrogen and oxygen atoms in total. The molecule has 0 radical (unpaired) electrons. The monoisotopic (exact) mass is 310 g/mol. The van der Waals surface area contributed by atoms with E-state index in [1.54, 1.807) is 19.1 Å². The summed E-state index contributed by atoms with van der Waals surface area (Å²) in [7, 11) is 0. The smallest absolute Gasteiger partial charge is 0.226 e. The summed E-state index contributed by atoms with van der Waals surface area (Å²) in [6.45, 7) is 6.10. The topological polar surface area (TPSA) is 58.2 Å². The Kier molecular flexibility index (Phi) is 5.52. The number of nitrogens with one attached hydrogen (secondary N) is 2. The summed E-state index contributed by atoms with van der Waals surface area (Å²) in [5.41, 5.74) is 4.67. The van der Waals surface area contributed by atoms with Gasteiger partial charge in [0.1, 0.15) is 0 Å². The van der Waals surface area contributed by atoms with Crippen molar-refractivity contribution in [3.05, 3.63) is 59.2 Å². The molecule has 1 amide bonds. The van der Waals surface area contributed by atoms with E-state index in [-0.39, 0.29) is 11.7 Å². The Morgan fingerprint density at radius 1 is 0.913 bits per heavy atom. The van der Waals surface area contributed by atoms with Crippen LogP contribution in [0.1, 0.15) is 34.8 Å². The molecule has 23 heavy (non-hydrogen) atoms. The number of benzene rings is 2.